The molecule has 0 saturated heterocycles. The number of carbonyl (C=O) groups excluding carboxylic acids is 1. The molecule has 1 N–H and O–H groups in total. The SMILES string of the molecule is Cc1ccc(Cl)cc1NC(=O)/C=C/c1cnc2ccccc2n1. The molecule has 0 atom stereocenters. The van der Waals surface area contributed by atoms with E-state index in [1.165, 1.54) is 6.08 Å². The third-order valence-electron chi connectivity index (χ3n) is 3.33. The molecule has 0 saturated carbocycles. The van der Waals surface area contributed by atoms with Crippen LogP contribution in [0.15, 0.2) is 54.7 Å². The van der Waals surface area contributed by atoms with Gasteiger partial charge in [0.1, 0.15) is 0 Å². The summed E-state index contributed by atoms with van der Waals surface area (Å²) in [6.45, 7) is 1.91. The third-order valence-corrected chi connectivity index (χ3v) is 3.57. The number of benzene rings is 2. The highest BCUT2D eigenvalue weighted by molar-refractivity contribution is 6.31. The van der Waals surface area contributed by atoms with Gasteiger partial charge in [-0.25, -0.2) is 4.98 Å². The van der Waals surface area contributed by atoms with E-state index in [-0.39, 0.29) is 5.91 Å². The van der Waals surface area contributed by atoms with Crippen LogP contribution in [-0.4, -0.2) is 15.9 Å². The fourth-order valence-electron chi connectivity index (χ4n) is 2.12. The molecule has 0 aliphatic carbocycles. The zero-order chi connectivity index (χ0) is 16.2. The summed E-state index contributed by atoms with van der Waals surface area (Å²) in [7, 11) is 0. The van der Waals surface area contributed by atoms with E-state index in [4.69, 9.17) is 11.6 Å². The van der Waals surface area contributed by atoms with Gasteiger partial charge in [0.2, 0.25) is 5.91 Å². The minimum Gasteiger partial charge on any atom is -0.322 e. The molecule has 3 rings (SSSR count). The number of rotatable bonds is 3. The van der Waals surface area contributed by atoms with Crippen molar-refractivity contribution < 1.29 is 4.79 Å². The Labute approximate surface area is 138 Å². The largest absolute Gasteiger partial charge is 0.322 e. The summed E-state index contributed by atoms with van der Waals surface area (Å²) in [5, 5.41) is 3.38. The second-order valence-electron chi connectivity index (χ2n) is 5.07. The smallest absolute Gasteiger partial charge is 0.248 e. The third kappa shape index (κ3) is 3.73. The number of nitrogens with zero attached hydrogens (tertiary/aromatic N) is 2. The van der Waals surface area contributed by atoms with Crippen LogP contribution in [-0.2, 0) is 4.79 Å². The van der Waals surface area contributed by atoms with E-state index in [1.54, 1.807) is 24.4 Å². The van der Waals surface area contributed by atoms with Gasteiger partial charge in [0.25, 0.3) is 0 Å². The van der Waals surface area contributed by atoms with Crippen LogP contribution < -0.4 is 5.32 Å². The highest BCUT2D eigenvalue weighted by atomic mass is 35.5. The lowest BCUT2D eigenvalue weighted by molar-refractivity contribution is -0.111. The Bertz CT molecular complexity index is 906. The first-order valence-corrected chi connectivity index (χ1v) is 7.46. The van der Waals surface area contributed by atoms with Gasteiger partial charge >= 0.3 is 0 Å². The van der Waals surface area contributed by atoms with Gasteiger partial charge in [-0.1, -0.05) is 29.8 Å². The lowest BCUT2D eigenvalue weighted by Gasteiger charge is -2.06. The molecule has 0 fully saturated rings. The Morgan fingerprint density at radius 1 is 1.17 bits per heavy atom. The molecule has 1 amide bonds. The van der Waals surface area contributed by atoms with E-state index in [0.29, 0.717) is 16.4 Å². The van der Waals surface area contributed by atoms with Crippen molar-refractivity contribution in [3.8, 4) is 0 Å². The van der Waals surface area contributed by atoms with E-state index >= 15 is 0 Å². The predicted molar refractivity (Wildman–Crippen MR) is 93.4 cm³/mol. The zero-order valence-electron chi connectivity index (χ0n) is 12.5. The van der Waals surface area contributed by atoms with Crippen molar-refractivity contribution >= 4 is 40.3 Å². The number of fused-ring (bicyclic) bond motifs is 1. The van der Waals surface area contributed by atoms with Crippen molar-refractivity contribution in [2.45, 2.75) is 6.92 Å². The average molecular weight is 324 g/mol. The van der Waals surface area contributed by atoms with Crippen molar-refractivity contribution in [3.05, 3.63) is 71.0 Å². The molecule has 23 heavy (non-hydrogen) atoms. The molecule has 0 radical (unpaired) electrons. The number of carbonyl (C=O) groups is 1. The van der Waals surface area contributed by atoms with Gasteiger partial charge in [0.05, 0.1) is 22.9 Å². The molecule has 2 aromatic carbocycles. The number of aromatic nitrogens is 2. The fourth-order valence-corrected chi connectivity index (χ4v) is 2.29. The van der Waals surface area contributed by atoms with Crippen LogP contribution in [0.1, 0.15) is 11.3 Å². The Balaban J connectivity index is 1.75. The maximum Gasteiger partial charge on any atom is 0.248 e. The number of para-hydroxylation sites is 2. The maximum atomic E-state index is 12.0. The van der Waals surface area contributed by atoms with Gasteiger partial charge in [-0.2, -0.15) is 0 Å². The number of aryl methyl sites for hydroxylation is 1. The molecule has 4 nitrogen and oxygen atoms in total. The van der Waals surface area contributed by atoms with E-state index in [0.717, 1.165) is 16.6 Å². The summed E-state index contributed by atoms with van der Waals surface area (Å²) < 4.78 is 0. The Morgan fingerprint density at radius 2 is 1.96 bits per heavy atom. The highest BCUT2D eigenvalue weighted by Gasteiger charge is 2.03. The van der Waals surface area contributed by atoms with Gasteiger partial charge in [-0.3, -0.25) is 9.78 Å². The van der Waals surface area contributed by atoms with Crippen LogP contribution in [0.5, 0.6) is 0 Å². The van der Waals surface area contributed by atoms with Gasteiger partial charge in [0.15, 0.2) is 0 Å². The number of halogens is 1. The maximum absolute atomic E-state index is 12.0. The number of anilines is 1. The fraction of sp³-hybridized carbons (Fsp3) is 0.0556. The van der Waals surface area contributed by atoms with Gasteiger partial charge in [0, 0.05) is 16.8 Å². The van der Waals surface area contributed by atoms with E-state index in [9.17, 15) is 4.79 Å². The molecule has 3 aromatic rings. The van der Waals surface area contributed by atoms with Crippen LogP contribution in [0.2, 0.25) is 5.02 Å². The highest BCUT2D eigenvalue weighted by Crippen LogP contribution is 2.20. The van der Waals surface area contributed by atoms with Gasteiger partial charge < -0.3 is 5.32 Å². The van der Waals surface area contributed by atoms with Gasteiger partial charge in [-0.05, 0) is 42.8 Å². The summed E-state index contributed by atoms with van der Waals surface area (Å²) in [6.07, 6.45) is 4.70. The first-order chi connectivity index (χ1) is 11.1. The molecule has 5 heteroatoms. The van der Waals surface area contributed by atoms with E-state index in [2.05, 4.69) is 15.3 Å². The van der Waals surface area contributed by atoms with Crippen LogP contribution in [0.4, 0.5) is 5.69 Å². The predicted octanol–water partition coefficient (Wildman–Crippen LogP) is 4.24. The molecule has 0 aliphatic heterocycles. The first-order valence-electron chi connectivity index (χ1n) is 7.09. The van der Waals surface area contributed by atoms with Crippen molar-refractivity contribution in [1.29, 1.82) is 0 Å². The average Bonchev–Trinajstić information content (AvgIpc) is 2.56. The molecule has 1 aromatic heterocycles. The molecule has 0 spiro atoms. The van der Waals surface area contributed by atoms with E-state index in [1.807, 2.05) is 37.3 Å². The molecule has 0 aliphatic rings. The Kier molecular flexibility index (Phi) is 4.35. The number of hydrogen-bond acceptors (Lipinski definition) is 3. The molecule has 1 heterocycles. The van der Waals surface area contributed by atoms with Crippen LogP contribution >= 0.6 is 11.6 Å². The second-order valence-corrected chi connectivity index (χ2v) is 5.50. The van der Waals surface area contributed by atoms with Crippen LogP contribution in [0.3, 0.4) is 0 Å². The summed E-state index contributed by atoms with van der Waals surface area (Å²) in [5.41, 5.74) is 3.88. The lowest BCUT2D eigenvalue weighted by atomic mass is 10.2. The standard InChI is InChI=1S/C18H14ClN3O/c1-12-6-7-13(19)10-17(12)22-18(23)9-8-14-11-20-15-4-2-3-5-16(15)21-14/h2-11H,1H3,(H,22,23)/b9-8+. The summed E-state index contributed by atoms with van der Waals surface area (Å²) in [6, 6.07) is 13.0. The van der Waals surface area contributed by atoms with Crippen molar-refractivity contribution in [1.82, 2.24) is 9.97 Å². The Hall–Kier alpha value is -2.72. The van der Waals surface area contributed by atoms with Crippen molar-refractivity contribution in [3.63, 3.8) is 0 Å². The number of hydrogen-bond donors (Lipinski definition) is 1. The molecule has 114 valence electrons. The molecular weight excluding hydrogens is 310 g/mol. The first kappa shape index (κ1) is 15.2. The van der Waals surface area contributed by atoms with E-state index < -0.39 is 0 Å². The molecule has 0 bridgehead atoms. The summed E-state index contributed by atoms with van der Waals surface area (Å²) >= 11 is 5.94. The topological polar surface area (TPSA) is 54.9 Å². The van der Waals surface area contributed by atoms with Crippen molar-refractivity contribution in [2.24, 2.45) is 0 Å². The Morgan fingerprint density at radius 3 is 2.78 bits per heavy atom. The minimum atomic E-state index is -0.245. The summed E-state index contributed by atoms with van der Waals surface area (Å²) in [4.78, 5) is 20.8. The second kappa shape index (κ2) is 6.58. The zero-order valence-corrected chi connectivity index (χ0v) is 13.2. The van der Waals surface area contributed by atoms with Gasteiger partial charge in [-0.15, -0.1) is 0 Å². The minimum absolute atomic E-state index is 0.245. The summed E-state index contributed by atoms with van der Waals surface area (Å²) in [5.74, 6) is -0.245. The normalized spacial score (nSPS) is 11.0. The quantitative estimate of drug-likeness (QED) is 0.733. The van der Waals surface area contributed by atoms with Crippen molar-refractivity contribution in [2.75, 3.05) is 5.32 Å². The lowest BCUT2D eigenvalue weighted by Crippen LogP contribution is -2.09. The molecular formula is C18H14ClN3O. The number of amides is 1. The number of nitrogens with one attached hydrogen (secondary N) is 1. The van der Waals surface area contributed by atoms with Crippen LogP contribution in [0.25, 0.3) is 17.1 Å². The monoisotopic (exact) mass is 323 g/mol. The molecule has 0 unspecified atom stereocenters. The van der Waals surface area contributed by atoms with Crippen LogP contribution in [0, 0.1) is 6.92 Å².